The molecule has 4 aromatic rings. The second-order valence-electron chi connectivity index (χ2n) is 7.72. The Labute approximate surface area is 188 Å². The second-order valence-corrected chi connectivity index (χ2v) is 9.66. The van der Waals surface area contributed by atoms with Crippen LogP contribution in [-0.2, 0) is 17.1 Å². The number of piperazine rings is 1. The summed E-state index contributed by atoms with van der Waals surface area (Å²) in [4.78, 5) is 26.0. The van der Waals surface area contributed by atoms with Gasteiger partial charge in [0.15, 0.2) is 5.58 Å². The molecule has 11 heteroatoms. The number of rotatable bonds is 4. The lowest BCUT2D eigenvalue weighted by Crippen LogP contribution is -2.49. The van der Waals surface area contributed by atoms with Crippen LogP contribution in [0.2, 0.25) is 0 Å². The highest BCUT2D eigenvalue weighted by Gasteiger charge is 2.30. The van der Waals surface area contributed by atoms with Gasteiger partial charge in [-0.1, -0.05) is 18.2 Å². The van der Waals surface area contributed by atoms with E-state index in [1.165, 1.54) is 31.8 Å². The fraction of sp³-hybridized carbons (Fsp3) is 0.227. The first kappa shape index (κ1) is 21.2. The van der Waals surface area contributed by atoms with Crippen molar-refractivity contribution in [1.29, 1.82) is 0 Å². The molecule has 170 valence electrons. The van der Waals surface area contributed by atoms with Crippen molar-refractivity contribution in [2.45, 2.75) is 4.90 Å². The summed E-state index contributed by atoms with van der Waals surface area (Å²) >= 11 is 0. The number of hydrogen-bond donors (Lipinski definition) is 0. The minimum atomic E-state index is -3.76. The van der Waals surface area contributed by atoms with Crippen molar-refractivity contribution in [3.8, 4) is 5.69 Å². The third-order valence-corrected chi connectivity index (χ3v) is 7.65. The lowest BCUT2D eigenvalue weighted by atomic mass is 10.3. The van der Waals surface area contributed by atoms with E-state index in [2.05, 4.69) is 5.10 Å². The monoisotopic (exact) mass is 467 g/mol. The molecule has 1 aliphatic heterocycles. The van der Waals surface area contributed by atoms with Crippen LogP contribution in [0, 0.1) is 0 Å². The van der Waals surface area contributed by atoms with Crippen LogP contribution in [0.5, 0.6) is 0 Å². The average Bonchev–Trinajstić information content (AvgIpc) is 3.13. The number of aromatic nitrogens is 3. The van der Waals surface area contributed by atoms with Crippen LogP contribution >= 0.6 is 0 Å². The van der Waals surface area contributed by atoms with Crippen LogP contribution in [0.3, 0.4) is 0 Å². The SMILES string of the molecule is Cn1c(=O)oc2cc(S(=O)(=O)N3CCN(c4ccc(=O)n(-c5ccccc5)n4)CC3)ccc21. The predicted octanol–water partition coefficient (Wildman–Crippen LogP) is 1.19. The quantitative estimate of drug-likeness (QED) is 0.443. The summed E-state index contributed by atoms with van der Waals surface area (Å²) in [6.45, 7) is 1.35. The average molecular weight is 468 g/mol. The zero-order chi connectivity index (χ0) is 23.2. The van der Waals surface area contributed by atoms with E-state index in [9.17, 15) is 18.0 Å². The summed E-state index contributed by atoms with van der Waals surface area (Å²) in [7, 11) is -2.19. The number of fused-ring (bicyclic) bond motifs is 1. The van der Waals surface area contributed by atoms with Crippen LogP contribution in [-0.4, -0.2) is 53.2 Å². The highest BCUT2D eigenvalue weighted by atomic mass is 32.2. The number of hydrogen-bond acceptors (Lipinski definition) is 7. The molecule has 3 heterocycles. The Kier molecular flexibility index (Phi) is 5.14. The molecule has 10 nitrogen and oxygen atoms in total. The Bertz CT molecular complexity index is 1550. The molecule has 2 aromatic carbocycles. The van der Waals surface area contributed by atoms with Gasteiger partial charge >= 0.3 is 5.76 Å². The topological polar surface area (TPSA) is 111 Å². The smallest absolute Gasteiger partial charge is 0.408 e. The van der Waals surface area contributed by atoms with Crippen LogP contribution in [0.4, 0.5) is 5.82 Å². The molecule has 0 saturated carbocycles. The van der Waals surface area contributed by atoms with E-state index in [0.717, 1.165) is 0 Å². The van der Waals surface area contributed by atoms with Crippen molar-refractivity contribution in [2.24, 2.45) is 7.05 Å². The van der Waals surface area contributed by atoms with E-state index in [0.29, 0.717) is 30.1 Å². The van der Waals surface area contributed by atoms with Crippen molar-refractivity contribution in [3.05, 3.63) is 81.6 Å². The first-order chi connectivity index (χ1) is 15.8. The number of nitrogens with zero attached hydrogens (tertiary/aromatic N) is 5. The Balaban J connectivity index is 1.36. The summed E-state index contributed by atoms with van der Waals surface area (Å²) in [5.74, 6) is 0.0560. The van der Waals surface area contributed by atoms with Crippen LogP contribution in [0.1, 0.15) is 0 Å². The number of oxazole rings is 1. The third kappa shape index (κ3) is 3.74. The lowest BCUT2D eigenvalue weighted by molar-refractivity contribution is 0.383. The van der Waals surface area contributed by atoms with Crippen molar-refractivity contribution >= 4 is 26.9 Å². The zero-order valence-corrected chi connectivity index (χ0v) is 18.6. The van der Waals surface area contributed by atoms with E-state index in [-0.39, 0.29) is 29.1 Å². The maximum absolute atomic E-state index is 13.2. The fourth-order valence-electron chi connectivity index (χ4n) is 3.91. The van der Waals surface area contributed by atoms with E-state index in [1.54, 1.807) is 31.3 Å². The van der Waals surface area contributed by atoms with Gasteiger partial charge in [0, 0.05) is 45.4 Å². The normalized spacial score (nSPS) is 15.2. The van der Waals surface area contributed by atoms with E-state index in [4.69, 9.17) is 4.42 Å². The van der Waals surface area contributed by atoms with Crippen molar-refractivity contribution in [2.75, 3.05) is 31.1 Å². The van der Waals surface area contributed by atoms with Gasteiger partial charge in [-0.05, 0) is 30.3 Å². The first-order valence-corrected chi connectivity index (χ1v) is 11.8. The van der Waals surface area contributed by atoms with E-state index < -0.39 is 15.8 Å². The first-order valence-electron chi connectivity index (χ1n) is 10.3. The standard InChI is InChI=1S/C22H21N5O5S/c1-24-18-8-7-17(15-19(18)32-22(24)29)33(30,31)26-13-11-25(12-14-26)20-9-10-21(28)27(23-20)16-5-3-2-4-6-16/h2-10,15H,11-14H2,1H3. The van der Waals surface area contributed by atoms with Crippen molar-refractivity contribution in [3.63, 3.8) is 0 Å². The summed E-state index contributed by atoms with van der Waals surface area (Å²) in [6.07, 6.45) is 0. The molecule has 2 aromatic heterocycles. The Hall–Kier alpha value is -3.70. The highest BCUT2D eigenvalue weighted by molar-refractivity contribution is 7.89. The number of benzene rings is 2. The molecule has 0 aliphatic carbocycles. The van der Waals surface area contributed by atoms with E-state index >= 15 is 0 Å². The van der Waals surface area contributed by atoms with Gasteiger partial charge in [0.25, 0.3) is 5.56 Å². The Morgan fingerprint density at radius 3 is 2.36 bits per heavy atom. The van der Waals surface area contributed by atoms with Crippen molar-refractivity contribution < 1.29 is 12.8 Å². The number of anilines is 1. The van der Waals surface area contributed by atoms with Crippen LogP contribution < -0.4 is 16.2 Å². The molecule has 1 saturated heterocycles. The predicted molar refractivity (Wildman–Crippen MR) is 122 cm³/mol. The largest absolute Gasteiger partial charge is 0.419 e. The molecule has 1 aliphatic rings. The highest BCUT2D eigenvalue weighted by Crippen LogP contribution is 2.23. The minimum absolute atomic E-state index is 0.0774. The van der Waals surface area contributed by atoms with Crippen LogP contribution in [0.15, 0.2) is 79.6 Å². The molecular formula is C22H21N5O5S. The Morgan fingerprint density at radius 1 is 0.909 bits per heavy atom. The second kappa shape index (κ2) is 8.01. The summed E-state index contributed by atoms with van der Waals surface area (Å²) < 4.78 is 35.5. The van der Waals surface area contributed by atoms with Gasteiger partial charge < -0.3 is 9.32 Å². The van der Waals surface area contributed by atoms with Gasteiger partial charge in [0.05, 0.1) is 16.1 Å². The molecule has 0 atom stereocenters. The lowest BCUT2D eigenvalue weighted by Gasteiger charge is -2.34. The van der Waals surface area contributed by atoms with Gasteiger partial charge in [0.2, 0.25) is 10.0 Å². The minimum Gasteiger partial charge on any atom is -0.408 e. The van der Waals surface area contributed by atoms with Gasteiger partial charge in [-0.15, -0.1) is 5.10 Å². The maximum Gasteiger partial charge on any atom is 0.419 e. The van der Waals surface area contributed by atoms with Gasteiger partial charge in [0.1, 0.15) is 5.82 Å². The molecule has 0 spiro atoms. The molecular weight excluding hydrogens is 446 g/mol. The number of sulfonamides is 1. The molecule has 1 fully saturated rings. The summed E-state index contributed by atoms with van der Waals surface area (Å²) in [5.41, 5.74) is 1.18. The van der Waals surface area contributed by atoms with Gasteiger partial charge in [-0.2, -0.15) is 8.99 Å². The maximum atomic E-state index is 13.2. The molecule has 5 rings (SSSR count). The molecule has 0 bridgehead atoms. The third-order valence-electron chi connectivity index (χ3n) is 5.75. The summed E-state index contributed by atoms with van der Waals surface area (Å²) in [6, 6.07) is 16.7. The van der Waals surface area contributed by atoms with Crippen LogP contribution in [0.25, 0.3) is 16.8 Å². The van der Waals surface area contributed by atoms with E-state index in [1.807, 2.05) is 23.1 Å². The van der Waals surface area contributed by atoms with Crippen molar-refractivity contribution in [1.82, 2.24) is 18.7 Å². The molecule has 0 amide bonds. The molecule has 33 heavy (non-hydrogen) atoms. The molecule has 0 N–H and O–H groups in total. The Morgan fingerprint density at radius 2 is 1.64 bits per heavy atom. The zero-order valence-electron chi connectivity index (χ0n) is 17.8. The number of para-hydroxylation sites is 1. The molecule has 0 unspecified atom stereocenters. The fourth-order valence-corrected chi connectivity index (χ4v) is 5.34. The van der Waals surface area contributed by atoms with Gasteiger partial charge in [-0.25, -0.2) is 13.2 Å². The summed E-state index contributed by atoms with van der Waals surface area (Å²) in [5, 5.41) is 4.47. The number of aryl methyl sites for hydroxylation is 1. The van der Waals surface area contributed by atoms with Gasteiger partial charge in [-0.3, -0.25) is 9.36 Å². The molecule has 0 radical (unpaired) electrons.